The number of hydrogen-bond acceptors (Lipinski definition) is 5. The van der Waals surface area contributed by atoms with Crippen LogP contribution in [0.1, 0.15) is 13.3 Å². The normalized spacial score (nSPS) is 11.9. The predicted molar refractivity (Wildman–Crippen MR) is 60.0 cm³/mol. The minimum absolute atomic E-state index is 0.0137. The Morgan fingerprint density at radius 1 is 1.25 bits per heavy atom. The minimum Gasteiger partial charge on any atom is -0.465 e. The molecule has 0 heterocycles. The highest BCUT2D eigenvalue weighted by atomic mass is 16.5. The molecule has 0 aliphatic rings. The van der Waals surface area contributed by atoms with Crippen molar-refractivity contribution in [1.82, 2.24) is 0 Å². The lowest BCUT2D eigenvalue weighted by atomic mass is 10.3. The van der Waals surface area contributed by atoms with Gasteiger partial charge < -0.3 is 9.47 Å². The van der Waals surface area contributed by atoms with E-state index in [0.717, 1.165) is 0 Å². The van der Waals surface area contributed by atoms with Crippen molar-refractivity contribution in [2.24, 2.45) is 4.99 Å². The fraction of sp³-hybridized carbons (Fsp3) is 0.364. The van der Waals surface area contributed by atoms with Gasteiger partial charge in [0, 0.05) is 0 Å². The van der Waals surface area contributed by atoms with E-state index in [9.17, 15) is 9.59 Å². The highest BCUT2D eigenvalue weighted by molar-refractivity contribution is 6.36. The molecule has 0 aromatic rings. The Hall–Kier alpha value is -1.91. The van der Waals surface area contributed by atoms with Crippen LogP contribution in [0.25, 0.3) is 0 Å². The van der Waals surface area contributed by atoms with E-state index in [1.54, 1.807) is 6.92 Å². The van der Waals surface area contributed by atoms with Crippen molar-refractivity contribution in [3.63, 3.8) is 0 Å². The summed E-state index contributed by atoms with van der Waals surface area (Å²) >= 11 is 0. The first-order valence-electron chi connectivity index (χ1n) is 4.67. The topological polar surface area (TPSA) is 65.0 Å². The van der Waals surface area contributed by atoms with Gasteiger partial charge in [-0.1, -0.05) is 19.6 Å². The molecule has 5 nitrogen and oxygen atoms in total. The Labute approximate surface area is 94.5 Å². The van der Waals surface area contributed by atoms with Gasteiger partial charge in [-0.15, -0.1) is 0 Å². The molecule has 88 valence electrons. The summed E-state index contributed by atoms with van der Waals surface area (Å²) in [4.78, 5) is 26.4. The quantitative estimate of drug-likeness (QED) is 0.306. The lowest BCUT2D eigenvalue weighted by Gasteiger charge is -2.03. The maximum Gasteiger partial charge on any atom is 0.356 e. The molecule has 0 radical (unpaired) electrons. The second kappa shape index (κ2) is 7.39. The van der Waals surface area contributed by atoms with Gasteiger partial charge >= 0.3 is 11.9 Å². The van der Waals surface area contributed by atoms with Crippen LogP contribution >= 0.6 is 0 Å². The number of hydrogen-bond donors (Lipinski definition) is 0. The van der Waals surface area contributed by atoms with Crippen LogP contribution in [0.3, 0.4) is 0 Å². The summed E-state index contributed by atoms with van der Waals surface area (Å²) in [6.45, 7) is 5.18. The fourth-order valence-electron chi connectivity index (χ4n) is 0.899. The van der Waals surface area contributed by atoms with Crippen molar-refractivity contribution in [3.05, 3.63) is 24.4 Å². The van der Waals surface area contributed by atoms with Crippen LogP contribution < -0.4 is 0 Å². The van der Waals surface area contributed by atoms with E-state index in [1.807, 2.05) is 0 Å². The Morgan fingerprint density at radius 2 is 1.81 bits per heavy atom. The molecule has 0 aromatic carbocycles. The fourth-order valence-corrected chi connectivity index (χ4v) is 0.899. The van der Waals surface area contributed by atoms with Crippen molar-refractivity contribution >= 4 is 17.7 Å². The first-order chi connectivity index (χ1) is 7.60. The maximum absolute atomic E-state index is 11.3. The van der Waals surface area contributed by atoms with Crippen molar-refractivity contribution in [2.45, 2.75) is 13.3 Å². The predicted octanol–water partition coefficient (Wildman–Crippen LogP) is 1.25. The van der Waals surface area contributed by atoms with E-state index in [-0.39, 0.29) is 11.4 Å². The third kappa shape index (κ3) is 4.08. The largest absolute Gasteiger partial charge is 0.465 e. The van der Waals surface area contributed by atoms with E-state index < -0.39 is 11.9 Å². The molecular formula is C11H15NO4. The van der Waals surface area contributed by atoms with Gasteiger partial charge in [0.2, 0.25) is 0 Å². The summed E-state index contributed by atoms with van der Waals surface area (Å²) in [5, 5.41) is 0. The monoisotopic (exact) mass is 225 g/mol. The van der Waals surface area contributed by atoms with E-state index in [2.05, 4.69) is 21.0 Å². The smallest absolute Gasteiger partial charge is 0.356 e. The third-order valence-electron chi connectivity index (χ3n) is 1.68. The number of aliphatic imine (C=N–C) groups is 1. The molecule has 0 aliphatic carbocycles. The van der Waals surface area contributed by atoms with Crippen LogP contribution in [-0.4, -0.2) is 31.9 Å². The number of esters is 2. The molecule has 5 heteroatoms. The molecule has 0 N–H and O–H groups in total. The zero-order chi connectivity index (χ0) is 12.6. The van der Waals surface area contributed by atoms with Crippen molar-refractivity contribution in [1.29, 1.82) is 0 Å². The molecule has 0 aliphatic heterocycles. The molecule has 0 aromatic heterocycles. The Bertz CT molecular complexity index is 342. The number of nitrogens with zero attached hydrogens (tertiary/aromatic N) is 1. The molecule has 0 spiro atoms. The molecule has 0 atom stereocenters. The molecule has 0 unspecified atom stereocenters. The molecule has 0 saturated carbocycles. The van der Waals surface area contributed by atoms with Crippen LogP contribution in [0, 0.1) is 0 Å². The Kier molecular flexibility index (Phi) is 6.51. The minimum atomic E-state index is -0.630. The lowest BCUT2D eigenvalue weighted by Crippen LogP contribution is -2.16. The number of carbonyl (C=O) groups excluding carboxylic acids is 2. The average molecular weight is 225 g/mol. The number of ether oxygens (including phenoxy) is 2. The summed E-state index contributed by atoms with van der Waals surface area (Å²) in [5.41, 5.74) is 0.167. The molecule has 0 amide bonds. The molecule has 0 saturated heterocycles. The summed E-state index contributed by atoms with van der Waals surface area (Å²) in [6, 6.07) is 0. The number of rotatable bonds is 5. The van der Waals surface area contributed by atoms with Crippen molar-refractivity contribution < 1.29 is 19.1 Å². The number of carbonyl (C=O) groups is 2. The summed E-state index contributed by atoms with van der Waals surface area (Å²) < 4.78 is 9.03. The standard InChI is InChI=1S/C11H15NO4/c1-5-7-9(11(14)16-4)12-8(6-2)10(13)15-3/h5,7H,1,6H2,2-4H3/b9-7-,12-8?. The van der Waals surface area contributed by atoms with Gasteiger partial charge in [0.15, 0.2) is 0 Å². The average Bonchev–Trinajstić information content (AvgIpc) is 2.32. The van der Waals surface area contributed by atoms with E-state index in [0.29, 0.717) is 6.42 Å². The number of allylic oxidation sites excluding steroid dienone is 2. The van der Waals surface area contributed by atoms with Crippen LogP contribution in [-0.2, 0) is 19.1 Å². The molecule has 16 heavy (non-hydrogen) atoms. The third-order valence-corrected chi connectivity index (χ3v) is 1.68. The van der Waals surface area contributed by atoms with Crippen molar-refractivity contribution in [3.8, 4) is 0 Å². The zero-order valence-electron chi connectivity index (χ0n) is 9.65. The van der Waals surface area contributed by atoms with Gasteiger partial charge in [0.25, 0.3) is 0 Å². The highest BCUT2D eigenvalue weighted by Crippen LogP contribution is 2.03. The SMILES string of the molecule is C=C/C=C(\N=C(CC)C(=O)OC)C(=O)OC. The summed E-state index contributed by atoms with van der Waals surface area (Å²) in [7, 11) is 2.49. The van der Waals surface area contributed by atoms with Crippen LogP contribution in [0.15, 0.2) is 29.4 Å². The van der Waals surface area contributed by atoms with Crippen LogP contribution in [0.5, 0.6) is 0 Å². The van der Waals surface area contributed by atoms with Gasteiger partial charge in [-0.3, -0.25) is 0 Å². The molecular weight excluding hydrogens is 210 g/mol. The lowest BCUT2D eigenvalue weighted by molar-refractivity contribution is -0.136. The van der Waals surface area contributed by atoms with Crippen molar-refractivity contribution in [2.75, 3.05) is 14.2 Å². The van der Waals surface area contributed by atoms with Gasteiger partial charge in [0.05, 0.1) is 14.2 Å². The Balaban J connectivity index is 5.16. The van der Waals surface area contributed by atoms with Gasteiger partial charge in [-0.25, -0.2) is 14.6 Å². The second-order valence-electron chi connectivity index (χ2n) is 2.68. The summed E-state index contributed by atoms with van der Waals surface area (Å²) in [6.07, 6.45) is 3.11. The van der Waals surface area contributed by atoms with Gasteiger partial charge in [0.1, 0.15) is 11.4 Å². The van der Waals surface area contributed by atoms with Gasteiger partial charge in [-0.2, -0.15) is 0 Å². The van der Waals surface area contributed by atoms with Crippen LogP contribution in [0.4, 0.5) is 0 Å². The maximum atomic E-state index is 11.3. The van der Waals surface area contributed by atoms with E-state index in [4.69, 9.17) is 0 Å². The second-order valence-corrected chi connectivity index (χ2v) is 2.68. The first-order valence-corrected chi connectivity index (χ1v) is 4.67. The van der Waals surface area contributed by atoms with Gasteiger partial charge in [-0.05, 0) is 12.5 Å². The summed E-state index contributed by atoms with van der Waals surface area (Å²) in [5.74, 6) is -1.20. The number of methoxy groups -OCH3 is 2. The van der Waals surface area contributed by atoms with Crippen LogP contribution in [0.2, 0.25) is 0 Å². The molecule has 0 fully saturated rings. The highest BCUT2D eigenvalue weighted by Gasteiger charge is 2.13. The Morgan fingerprint density at radius 3 is 2.19 bits per heavy atom. The first kappa shape index (κ1) is 14.1. The van der Waals surface area contributed by atoms with E-state index >= 15 is 0 Å². The molecule has 0 rings (SSSR count). The zero-order valence-corrected chi connectivity index (χ0v) is 9.65. The van der Waals surface area contributed by atoms with E-state index in [1.165, 1.54) is 26.4 Å². The molecule has 0 bridgehead atoms.